The smallest absolute Gasteiger partial charge is 0.245 e. The molecule has 1 aromatic carbocycles. The number of carbonyl (C=O) groups excluding carboxylic acids is 1. The fourth-order valence-corrected chi connectivity index (χ4v) is 5.94. The average molecular weight is 421 g/mol. The van der Waals surface area contributed by atoms with Crippen molar-refractivity contribution in [2.24, 2.45) is 5.92 Å². The van der Waals surface area contributed by atoms with Crippen LogP contribution in [0.4, 0.5) is 0 Å². The van der Waals surface area contributed by atoms with Crippen LogP contribution in [0.5, 0.6) is 5.75 Å². The molecule has 0 spiro atoms. The summed E-state index contributed by atoms with van der Waals surface area (Å²) >= 11 is 0. The molecule has 3 unspecified atom stereocenters. The van der Waals surface area contributed by atoms with Crippen molar-refractivity contribution in [1.82, 2.24) is 9.62 Å². The van der Waals surface area contributed by atoms with E-state index in [2.05, 4.69) is 11.9 Å². The van der Waals surface area contributed by atoms with E-state index in [1.807, 2.05) is 0 Å². The van der Waals surface area contributed by atoms with Gasteiger partial charge in [0.05, 0.1) is 17.1 Å². The molecule has 1 aliphatic carbocycles. The van der Waals surface area contributed by atoms with E-state index < -0.39 is 10.0 Å². The molecule has 3 fully saturated rings. The summed E-state index contributed by atoms with van der Waals surface area (Å²) in [7, 11) is -3.60. The van der Waals surface area contributed by atoms with Crippen LogP contribution < -0.4 is 10.1 Å². The van der Waals surface area contributed by atoms with Gasteiger partial charge in [0.1, 0.15) is 12.0 Å². The molecule has 1 amide bonds. The van der Waals surface area contributed by atoms with Crippen molar-refractivity contribution in [2.75, 3.05) is 13.1 Å². The van der Waals surface area contributed by atoms with Gasteiger partial charge in [-0.05, 0) is 74.8 Å². The van der Waals surface area contributed by atoms with Crippen LogP contribution in [0.15, 0.2) is 41.8 Å². The van der Waals surface area contributed by atoms with Crippen molar-refractivity contribution in [3.05, 3.63) is 36.9 Å². The van der Waals surface area contributed by atoms with E-state index in [0.29, 0.717) is 25.9 Å². The molecule has 2 aliphatic heterocycles. The molecule has 7 nitrogen and oxygen atoms in total. The first-order valence-electron chi connectivity index (χ1n) is 10.3. The Morgan fingerprint density at radius 2 is 1.93 bits per heavy atom. The molecule has 2 saturated heterocycles. The summed E-state index contributed by atoms with van der Waals surface area (Å²) in [6.07, 6.45) is 6.77. The maximum Gasteiger partial charge on any atom is 0.245 e. The van der Waals surface area contributed by atoms with Gasteiger partial charge in [0, 0.05) is 13.1 Å². The normalized spacial score (nSPS) is 28.1. The lowest BCUT2D eigenvalue weighted by Crippen LogP contribution is -2.45. The number of ether oxygens (including phenoxy) is 2. The number of hydrogen-bond acceptors (Lipinski definition) is 5. The van der Waals surface area contributed by atoms with E-state index in [9.17, 15) is 13.2 Å². The maximum absolute atomic E-state index is 13.1. The van der Waals surface area contributed by atoms with Gasteiger partial charge < -0.3 is 14.8 Å². The van der Waals surface area contributed by atoms with E-state index in [-0.39, 0.29) is 35.2 Å². The molecule has 0 radical (unpaired) electrons. The summed E-state index contributed by atoms with van der Waals surface area (Å²) in [4.78, 5) is 11.8. The van der Waals surface area contributed by atoms with Crippen LogP contribution >= 0.6 is 0 Å². The van der Waals surface area contributed by atoms with Crippen molar-refractivity contribution in [2.45, 2.75) is 61.9 Å². The van der Waals surface area contributed by atoms with Gasteiger partial charge in [0.15, 0.2) is 0 Å². The third kappa shape index (κ3) is 4.49. The van der Waals surface area contributed by atoms with Gasteiger partial charge in [0.25, 0.3) is 0 Å². The van der Waals surface area contributed by atoms with Crippen LogP contribution in [-0.2, 0) is 19.6 Å². The third-order valence-corrected chi connectivity index (χ3v) is 7.95. The zero-order chi connectivity index (χ0) is 20.4. The highest BCUT2D eigenvalue weighted by Crippen LogP contribution is 2.34. The van der Waals surface area contributed by atoms with E-state index in [1.165, 1.54) is 23.2 Å². The number of nitrogens with zero attached hydrogens (tertiary/aromatic N) is 1. The Kier molecular flexibility index (Phi) is 5.94. The van der Waals surface area contributed by atoms with Crippen LogP contribution in [0, 0.1) is 5.92 Å². The Morgan fingerprint density at radius 3 is 2.62 bits per heavy atom. The minimum Gasteiger partial charge on any atom is -0.490 e. The van der Waals surface area contributed by atoms with E-state index in [4.69, 9.17) is 9.47 Å². The summed E-state index contributed by atoms with van der Waals surface area (Å²) in [5.74, 6) is 0.686. The number of nitrogens with one attached hydrogen (secondary N) is 1. The number of piperidine rings is 1. The summed E-state index contributed by atoms with van der Waals surface area (Å²) in [5.41, 5.74) is 0. The molecule has 1 aromatic rings. The van der Waals surface area contributed by atoms with Crippen molar-refractivity contribution in [3.63, 3.8) is 0 Å². The number of rotatable bonds is 6. The molecule has 3 aliphatic rings. The number of fused-ring (bicyclic) bond motifs is 1. The van der Waals surface area contributed by atoms with E-state index in [1.54, 1.807) is 24.3 Å². The Hall–Kier alpha value is -1.90. The number of sulfonamides is 1. The average Bonchev–Trinajstić information content (AvgIpc) is 3.36. The highest BCUT2D eigenvalue weighted by molar-refractivity contribution is 7.89. The lowest BCUT2D eigenvalue weighted by atomic mass is 9.94. The van der Waals surface area contributed by atoms with Crippen molar-refractivity contribution in [3.8, 4) is 5.75 Å². The fraction of sp³-hybridized carbons (Fsp3) is 0.571. The molecule has 8 heteroatoms. The lowest BCUT2D eigenvalue weighted by Gasteiger charge is -2.33. The van der Waals surface area contributed by atoms with Gasteiger partial charge in [-0.25, -0.2) is 8.42 Å². The Bertz CT molecular complexity index is 848. The minimum absolute atomic E-state index is 0.210. The number of hydrogen-bond donors (Lipinski definition) is 1. The largest absolute Gasteiger partial charge is 0.490 e. The monoisotopic (exact) mass is 420 g/mol. The number of amides is 1. The van der Waals surface area contributed by atoms with E-state index >= 15 is 0 Å². The third-order valence-electron chi connectivity index (χ3n) is 6.07. The topological polar surface area (TPSA) is 84.9 Å². The molecule has 158 valence electrons. The summed E-state index contributed by atoms with van der Waals surface area (Å²) in [6.45, 7) is 4.19. The van der Waals surface area contributed by atoms with Crippen LogP contribution in [0.1, 0.15) is 38.5 Å². The Balaban J connectivity index is 1.39. The maximum atomic E-state index is 13.1. The van der Waals surface area contributed by atoms with Gasteiger partial charge in [-0.15, -0.1) is 0 Å². The van der Waals surface area contributed by atoms with Gasteiger partial charge in [-0.1, -0.05) is 6.58 Å². The molecule has 29 heavy (non-hydrogen) atoms. The molecular formula is C21H28N2O5S. The molecule has 0 bridgehead atoms. The standard InChI is InChI=1S/C21H28N2O5S/c1-2-20(24)22-21-13-15-11-12-23(14-19(15)28-21)29(25,26)18-9-7-17(8-10-18)27-16-5-3-4-6-16/h2,7-10,15-16,19,21H,1,3-6,11-14H2,(H,22,24). The Labute approximate surface area is 172 Å². The fourth-order valence-electron chi connectivity index (χ4n) is 4.47. The lowest BCUT2D eigenvalue weighted by molar-refractivity contribution is -0.120. The molecule has 1 saturated carbocycles. The van der Waals surface area contributed by atoms with Gasteiger partial charge in [-0.3, -0.25) is 4.79 Å². The van der Waals surface area contributed by atoms with Gasteiger partial charge in [-0.2, -0.15) is 4.31 Å². The van der Waals surface area contributed by atoms with Gasteiger partial charge >= 0.3 is 0 Å². The highest BCUT2D eigenvalue weighted by atomic mass is 32.2. The quantitative estimate of drug-likeness (QED) is 0.715. The Morgan fingerprint density at radius 1 is 1.21 bits per heavy atom. The molecule has 3 atom stereocenters. The first-order chi connectivity index (χ1) is 14.0. The first-order valence-corrected chi connectivity index (χ1v) is 11.7. The molecule has 2 heterocycles. The van der Waals surface area contributed by atoms with Crippen LogP contribution in [0.3, 0.4) is 0 Å². The van der Waals surface area contributed by atoms with Crippen molar-refractivity contribution in [1.29, 1.82) is 0 Å². The predicted molar refractivity (Wildman–Crippen MR) is 108 cm³/mol. The molecule has 1 N–H and O–H groups in total. The highest BCUT2D eigenvalue weighted by Gasteiger charge is 2.42. The van der Waals surface area contributed by atoms with Crippen molar-refractivity contribution >= 4 is 15.9 Å². The second-order valence-electron chi connectivity index (χ2n) is 8.02. The summed E-state index contributed by atoms with van der Waals surface area (Å²) in [6, 6.07) is 6.72. The second-order valence-corrected chi connectivity index (χ2v) is 9.96. The number of carbonyl (C=O) groups is 1. The zero-order valence-corrected chi connectivity index (χ0v) is 17.3. The van der Waals surface area contributed by atoms with Gasteiger partial charge in [0.2, 0.25) is 15.9 Å². The van der Waals surface area contributed by atoms with Crippen LogP contribution in [0.2, 0.25) is 0 Å². The van der Waals surface area contributed by atoms with Crippen molar-refractivity contribution < 1.29 is 22.7 Å². The first kappa shape index (κ1) is 20.4. The number of benzene rings is 1. The van der Waals surface area contributed by atoms with Crippen LogP contribution in [0.25, 0.3) is 0 Å². The summed E-state index contributed by atoms with van der Waals surface area (Å²) < 4.78 is 39.5. The second kappa shape index (κ2) is 8.45. The molecule has 0 aromatic heterocycles. The van der Waals surface area contributed by atoms with E-state index in [0.717, 1.165) is 18.6 Å². The predicted octanol–water partition coefficient (Wildman–Crippen LogP) is 2.44. The minimum atomic E-state index is -3.60. The summed E-state index contributed by atoms with van der Waals surface area (Å²) in [5, 5.41) is 2.74. The SMILES string of the molecule is C=CC(=O)NC1CC2CCN(S(=O)(=O)c3ccc(OC4CCCC4)cc3)CC2O1. The van der Waals surface area contributed by atoms with Crippen LogP contribution in [-0.4, -0.2) is 50.2 Å². The molecule has 4 rings (SSSR count). The zero-order valence-electron chi connectivity index (χ0n) is 16.5. The molecular weight excluding hydrogens is 392 g/mol.